The highest BCUT2D eigenvalue weighted by molar-refractivity contribution is 7.90. The molecule has 9 nitrogen and oxygen atoms in total. The molecule has 1 aliphatic heterocycles. The number of anilines is 1. The molecule has 196 valence electrons. The van der Waals surface area contributed by atoms with E-state index in [9.17, 15) is 18.3 Å². The zero-order chi connectivity index (χ0) is 27.1. The molecule has 1 aromatic carbocycles. The fraction of sp³-hybridized carbons (Fsp3) is 0.286. The summed E-state index contributed by atoms with van der Waals surface area (Å²) in [4.78, 5) is 28.9. The summed E-state index contributed by atoms with van der Waals surface area (Å²) >= 11 is 0. The van der Waals surface area contributed by atoms with Crippen molar-refractivity contribution in [2.45, 2.75) is 37.3 Å². The molecule has 1 amide bonds. The third-order valence-corrected chi connectivity index (χ3v) is 7.92. The van der Waals surface area contributed by atoms with Gasteiger partial charge in [0.1, 0.15) is 5.82 Å². The maximum Gasteiger partial charge on any atom is 0.251 e. The number of rotatable bonds is 6. The van der Waals surface area contributed by atoms with Crippen molar-refractivity contribution in [3.63, 3.8) is 0 Å². The Bertz CT molecular complexity index is 1650. The number of aromatic nitrogens is 3. The quantitative estimate of drug-likeness (QED) is 0.388. The van der Waals surface area contributed by atoms with E-state index in [0.717, 1.165) is 29.7 Å². The van der Waals surface area contributed by atoms with Crippen molar-refractivity contribution < 1.29 is 18.3 Å². The summed E-state index contributed by atoms with van der Waals surface area (Å²) in [6.07, 6.45) is 3.53. The Kier molecular flexibility index (Phi) is 6.62. The number of amides is 1. The lowest BCUT2D eigenvalue weighted by Gasteiger charge is -2.20. The van der Waals surface area contributed by atoms with E-state index in [4.69, 9.17) is 9.97 Å². The molecule has 5 rings (SSSR count). The summed E-state index contributed by atoms with van der Waals surface area (Å²) in [5.74, 6) is 0.413. The van der Waals surface area contributed by atoms with Crippen LogP contribution in [0.4, 0.5) is 5.82 Å². The highest BCUT2D eigenvalue weighted by atomic mass is 32.2. The second-order valence-corrected chi connectivity index (χ2v) is 12.0. The summed E-state index contributed by atoms with van der Waals surface area (Å²) in [5, 5.41) is 14.0. The van der Waals surface area contributed by atoms with Crippen LogP contribution in [0, 0.1) is 6.92 Å². The van der Waals surface area contributed by atoms with E-state index >= 15 is 0 Å². The largest absolute Gasteiger partial charge is 0.388 e. The van der Waals surface area contributed by atoms with E-state index in [1.54, 1.807) is 25.3 Å². The normalized spacial score (nSPS) is 17.6. The Morgan fingerprint density at radius 3 is 2.63 bits per heavy atom. The van der Waals surface area contributed by atoms with Gasteiger partial charge < -0.3 is 15.3 Å². The van der Waals surface area contributed by atoms with Crippen LogP contribution >= 0.6 is 0 Å². The average molecular weight is 532 g/mol. The third-order valence-electron chi connectivity index (χ3n) is 6.68. The lowest BCUT2D eigenvalue weighted by molar-refractivity contribution is 0.0838. The van der Waals surface area contributed by atoms with Gasteiger partial charge in [0.25, 0.3) is 5.91 Å². The van der Waals surface area contributed by atoms with E-state index in [0.29, 0.717) is 35.4 Å². The van der Waals surface area contributed by atoms with Crippen molar-refractivity contribution in [1.82, 2.24) is 20.3 Å². The number of aliphatic hydroxyl groups is 1. The van der Waals surface area contributed by atoms with Gasteiger partial charge in [0, 0.05) is 36.5 Å². The Balaban J connectivity index is 1.34. The number of aryl methyl sites for hydroxylation is 1. The Hall–Kier alpha value is -3.89. The molecule has 0 spiro atoms. The lowest BCUT2D eigenvalue weighted by Crippen LogP contribution is -2.30. The van der Waals surface area contributed by atoms with E-state index in [2.05, 4.69) is 15.2 Å². The minimum absolute atomic E-state index is 0.137. The predicted molar refractivity (Wildman–Crippen MR) is 146 cm³/mol. The number of carbonyl (C=O) groups excluding carboxylic acids is 1. The standard InChI is InChI=1S/C28H29N5O4S/c1-18-7-8-19(13-25(18)38(3,36)37)27(34)30-16-21-14-24-20(15-29-21)9-10-23(31-24)22-5-4-6-26(32-22)33-12-11-28(2,35)17-33/h4-10,13-15,35H,11-12,16-17H2,1-3H3,(H,30,34)/t28-/m1/s1. The van der Waals surface area contributed by atoms with Crippen LogP contribution in [0.2, 0.25) is 0 Å². The Morgan fingerprint density at radius 1 is 1.11 bits per heavy atom. The summed E-state index contributed by atoms with van der Waals surface area (Å²) in [5.41, 5.74) is 2.91. The van der Waals surface area contributed by atoms with Gasteiger partial charge in [-0.3, -0.25) is 9.78 Å². The maximum absolute atomic E-state index is 12.7. The molecular formula is C28H29N5O4S. The van der Waals surface area contributed by atoms with Gasteiger partial charge in [0.05, 0.1) is 39.6 Å². The Morgan fingerprint density at radius 2 is 1.89 bits per heavy atom. The number of carbonyl (C=O) groups is 1. The molecule has 0 unspecified atom stereocenters. The lowest BCUT2D eigenvalue weighted by atomic mass is 10.1. The van der Waals surface area contributed by atoms with Gasteiger partial charge in [0.2, 0.25) is 0 Å². The number of sulfone groups is 1. The van der Waals surface area contributed by atoms with E-state index in [1.165, 1.54) is 6.07 Å². The molecule has 4 aromatic rings. The SMILES string of the molecule is Cc1ccc(C(=O)NCc2cc3nc(-c4cccc(N5CC[C@@](C)(O)C5)n4)ccc3cn2)cc1S(C)(=O)=O. The van der Waals surface area contributed by atoms with Crippen LogP contribution in [0.1, 0.15) is 35.0 Å². The number of nitrogens with one attached hydrogen (secondary N) is 1. The minimum Gasteiger partial charge on any atom is -0.388 e. The molecule has 38 heavy (non-hydrogen) atoms. The van der Waals surface area contributed by atoms with Gasteiger partial charge in [-0.05, 0) is 68.3 Å². The number of β-amino-alcohol motifs (C(OH)–C–C–N with tert-alkyl or cyclic N) is 1. The van der Waals surface area contributed by atoms with Crippen molar-refractivity contribution in [2.75, 3.05) is 24.2 Å². The van der Waals surface area contributed by atoms with E-state index < -0.39 is 15.4 Å². The highest BCUT2D eigenvalue weighted by Gasteiger charge is 2.32. The van der Waals surface area contributed by atoms with Crippen LogP contribution in [0.3, 0.4) is 0 Å². The topological polar surface area (TPSA) is 125 Å². The molecule has 0 aliphatic carbocycles. The monoisotopic (exact) mass is 531 g/mol. The summed E-state index contributed by atoms with van der Waals surface area (Å²) < 4.78 is 24.0. The molecule has 1 aliphatic rings. The maximum atomic E-state index is 12.7. The first-order valence-corrected chi connectivity index (χ1v) is 14.2. The van der Waals surface area contributed by atoms with Crippen LogP contribution in [0.25, 0.3) is 22.3 Å². The first-order valence-electron chi connectivity index (χ1n) is 12.3. The van der Waals surface area contributed by atoms with Gasteiger partial charge in [-0.15, -0.1) is 0 Å². The number of pyridine rings is 3. The number of fused-ring (bicyclic) bond motifs is 1. The zero-order valence-corrected chi connectivity index (χ0v) is 22.3. The van der Waals surface area contributed by atoms with Gasteiger partial charge in [-0.2, -0.15) is 0 Å². The molecule has 4 heterocycles. The van der Waals surface area contributed by atoms with Crippen molar-refractivity contribution in [3.8, 4) is 11.4 Å². The summed E-state index contributed by atoms with van der Waals surface area (Å²) in [7, 11) is -3.44. The van der Waals surface area contributed by atoms with E-state index in [-0.39, 0.29) is 22.9 Å². The number of hydrogen-bond donors (Lipinski definition) is 2. The molecule has 1 fully saturated rings. The minimum atomic E-state index is -3.44. The average Bonchev–Trinajstić information content (AvgIpc) is 3.26. The molecule has 10 heteroatoms. The van der Waals surface area contributed by atoms with Crippen LogP contribution in [0.15, 0.2) is 65.7 Å². The molecule has 1 atom stereocenters. The molecule has 2 N–H and O–H groups in total. The highest BCUT2D eigenvalue weighted by Crippen LogP contribution is 2.27. The molecular weight excluding hydrogens is 502 g/mol. The second kappa shape index (κ2) is 9.77. The molecule has 0 bridgehead atoms. The first kappa shape index (κ1) is 25.7. The number of hydrogen-bond acceptors (Lipinski definition) is 8. The second-order valence-electron chi connectivity index (χ2n) is 10.0. The van der Waals surface area contributed by atoms with Gasteiger partial charge in [-0.1, -0.05) is 12.1 Å². The van der Waals surface area contributed by atoms with Crippen LogP contribution in [-0.2, 0) is 16.4 Å². The predicted octanol–water partition coefficient (Wildman–Crippen LogP) is 3.29. The van der Waals surface area contributed by atoms with Crippen LogP contribution < -0.4 is 10.2 Å². The van der Waals surface area contributed by atoms with E-state index in [1.807, 2.05) is 43.3 Å². The fourth-order valence-corrected chi connectivity index (χ4v) is 5.59. The fourth-order valence-electron chi connectivity index (χ4n) is 4.59. The van der Waals surface area contributed by atoms with Gasteiger partial charge in [0.15, 0.2) is 9.84 Å². The molecule has 3 aromatic heterocycles. The molecule has 0 radical (unpaired) electrons. The van der Waals surface area contributed by atoms with Crippen molar-refractivity contribution in [3.05, 3.63) is 77.6 Å². The van der Waals surface area contributed by atoms with Crippen molar-refractivity contribution in [1.29, 1.82) is 0 Å². The van der Waals surface area contributed by atoms with Crippen molar-refractivity contribution >= 4 is 32.5 Å². The zero-order valence-electron chi connectivity index (χ0n) is 21.5. The van der Waals surface area contributed by atoms with Crippen LogP contribution in [-0.4, -0.2) is 59.3 Å². The number of benzene rings is 1. The summed E-state index contributed by atoms with van der Waals surface area (Å²) in [6, 6.07) is 16.0. The van der Waals surface area contributed by atoms with Gasteiger partial charge >= 0.3 is 0 Å². The smallest absolute Gasteiger partial charge is 0.251 e. The molecule has 1 saturated heterocycles. The molecule has 0 saturated carbocycles. The third kappa shape index (κ3) is 5.51. The first-order chi connectivity index (χ1) is 18.0. The van der Waals surface area contributed by atoms with Crippen molar-refractivity contribution in [2.24, 2.45) is 0 Å². The number of nitrogens with zero attached hydrogens (tertiary/aromatic N) is 4. The summed E-state index contributed by atoms with van der Waals surface area (Å²) in [6.45, 7) is 4.97. The van der Waals surface area contributed by atoms with Gasteiger partial charge in [-0.25, -0.2) is 18.4 Å². The van der Waals surface area contributed by atoms with Crippen LogP contribution in [0.5, 0.6) is 0 Å². The Labute approximate surface area is 221 Å².